The number of rotatable bonds is 1. The first-order chi connectivity index (χ1) is 4.72. The Hall–Kier alpha value is -0.853. The van der Waals surface area contributed by atoms with Crippen molar-refractivity contribution in [3.05, 3.63) is 40.2 Å². The summed E-state index contributed by atoms with van der Waals surface area (Å²) in [4.78, 5) is 9.18. The van der Waals surface area contributed by atoms with Crippen molar-refractivity contribution in [1.29, 1.82) is 0 Å². The van der Waals surface area contributed by atoms with Gasteiger partial charge >= 0.3 is 18.9 Å². The molecule has 1 aromatic carbocycles. The molecule has 0 amide bonds. The van der Waals surface area contributed by atoms with E-state index in [0.29, 0.717) is 0 Å². The van der Waals surface area contributed by atoms with Crippen LogP contribution in [0.5, 0.6) is 0 Å². The predicted octanol–water partition coefficient (Wildman–Crippen LogP) is -1.46. The third kappa shape index (κ3) is 2.33. The maximum atomic E-state index is 12.3. The van der Waals surface area contributed by atoms with Crippen molar-refractivity contribution in [3.8, 4) is 0 Å². The van der Waals surface area contributed by atoms with E-state index in [0.717, 1.165) is 6.07 Å². The average molecular weight is 147 g/mol. The molecule has 0 radical (unpaired) electrons. The molecule has 0 aromatic heterocycles. The van der Waals surface area contributed by atoms with Crippen LogP contribution in [-0.2, 0) is 0 Å². The van der Waals surface area contributed by atoms with Gasteiger partial charge in [0.25, 0.3) is 0 Å². The Labute approximate surface area is 74.5 Å². The van der Waals surface area contributed by atoms with Crippen LogP contribution < -0.4 is 18.9 Å². The van der Waals surface area contributed by atoms with Gasteiger partial charge in [0, 0.05) is 4.92 Å². The third-order valence-corrected chi connectivity index (χ3v) is 0.982. The van der Waals surface area contributed by atoms with Gasteiger partial charge in [-0.3, -0.25) is 10.1 Å². The van der Waals surface area contributed by atoms with Gasteiger partial charge < -0.3 is 0 Å². The number of nitrogens with zero attached hydrogens (tertiary/aromatic N) is 1. The van der Waals surface area contributed by atoms with Crippen molar-refractivity contribution in [2.45, 2.75) is 0 Å². The van der Waals surface area contributed by atoms with E-state index in [1.54, 1.807) is 0 Å². The summed E-state index contributed by atoms with van der Waals surface area (Å²) in [6.07, 6.45) is 0. The molecular weight excluding hydrogens is 144 g/mol. The minimum Gasteiger partial charge on any atom is -0.270 e. The fourth-order valence-electron chi connectivity index (χ4n) is 0.549. The van der Waals surface area contributed by atoms with E-state index in [2.05, 4.69) is 6.07 Å². The summed E-state index contributed by atoms with van der Waals surface area (Å²) in [5, 5.41) is 9.97. The summed E-state index contributed by atoms with van der Waals surface area (Å²) in [7, 11) is 0. The zero-order valence-electron chi connectivity index (χ0n) is 5.87. The first-order valence-electron chi connectivity index (χ1n) is 2.52. The molecule has 1 rings (SSSR count). The predicted molar refractivity (Wildman–Crippen MR) is 31.9 cm³/mol. The van der Waals surface area contributed by atoms with Gasteiger partial charge in [0.15, 0.2) is 5.69 Å². The van der Waals surface area contributed by atoms with Crippen LogP contribution in [0.3, 0.4) is 0 Å². The fourth-order valence-corrected chi connectivity index (χ4v) is 0.549. The molecule has 0 aliphatic heterocycles. The molecule has 0 heterocycles. The van der Waals surface area contributed by atoms with Gasteiger partial charge in [-0.2, -0.15) is 12.1 Å². The van der Waals surface area contributed by atoms with Crippen LogP contribution in [0.1, 0.15) is 0 Å². The molecule has 0 fully saturated rings. The number of benzene rings is 1. The molecule has 0 bridgehead atoms. The topological polar surface area (TPSA) is 43.1 Å². The zero-order valence-corrected chi connectivity index (χ0v) is 5.87. The summed E-state index contributed by atoms with van der Waals surface area (Å²) in [5.41, 5.74) is -0.539. The Morgan fingerprint density at radius 2 is 2.27 bits per heavy atom. The van der Waals surface area contributed by atoms with E-state index in [1.807, 2.05) is 0 Å². The smallest absolute Gasteiger partial charge is 0.270 e. The van der Waals surface area contributed by atoms with E-state index < -0.39 is 16.4 Å². The van der Waals surface area contributed by atoms with E-state index in [-0.39, 0.29) is 18.9 Å². The monoisotopic (exact) mass is 147 g/mol. The zero-order chi connectivity index (χ0) is 7.56. The van der Waals surface area contributed by atoms with Crippen LogP contribution >= 0.6 is 0 Å². The Balaban J connectivity index is 0.000001000. The molecule has 0 unspecified atom stereocenters. The standard InChI is InChI=1S/C6H3FNO2.Li/c7-5-3-1-2-4-6(5)8(9)10;/h1-2,4H;/q-1;+1. The van der Waals surface area contributed by atoms with Crippen LogP contribution in [0.4, 0.5) is 10.1 Å². The van der Waals surface area contributed by atoms with Gasteiger partial charge in [0.05, 0.1) is 5.82 Å². The maximum Gasteiger partial charge on any atom is 1.00 e. The molecule has 11 heavy (non-hydrogen) atoms. The van der Waals surface area contributed by atoms with Crippen molar-refractivity contribution in [3.63, 3.8) is 0 Å². The van der Waals surface area contributed by atoms with Crippen LogP contribution in [0.25, 0.3) is 0 Å². The van der Waals surface area contributed by atoms with E-state index >= 15 is 0 Å². The van der Waals surface area contributed by atoms with Crippen molar-refractivity contribution in [2.75, 3.05) is 0 Å². The van der Waals surface area contributed by atoms with Crippen LogP contribution in [-0.4, -0.2) is 4.92 Å². The molecule has 0 spiro atoms. The molecule has 0 saturated carbocycles. The van der Waals surface area contributed by atoms with Gasteiger partial charge in [-0.1, -0.05) is 6.07 Å². The minimum atomic E-state index is -0.924. The third-order valence-electron chi connectivity index (χ3n) is 0.982. The summed E-state index contributed by atoms with van der Waals surface area (Å²) < 4.78 is 12.3. The van der Waals surface area contributed by atoms with Gasteiger partial charge in [-0.25, -0.2) is 4.39 Å². The Bertz CT molecular complexity index is 267. The number of halogens is 1. The Kier molecular flexibility index (Phi) is 3.80. The number of nitro groups is 1. The van der Waals surface area contributed by atoms with Gasteiger partial charge in [-0.15, -0.1) is 6.07 Å². The summed E-state index contributed by atoms with van der Waals surface area (Å²) in [6, 6.07) is 5.80. The second kappa shape index (κ2) is 4.11. The molecule has 0 saturated heterocycles. The molecule has 1 aromatic rings. The van der Waals surface area contributed by atoms with Gasteiger partial charge in [0.1, 0.15) is 0 Å². The average Bonchev–Trinajstić information content (AvgIpc) is 1.88. The van der Waals surface area contributed by atoms with Crippen LogP contribution in [0.15, 0.2) is 18.2 Å². The normalized spacial score (nSPS) is 8.45. The minimum absolute atomic E-state index is 0. The Morgan fingerprint density at radius 3 is 2.64 bits per heavy atom. The van der Waals surface area contributed by atoms with Crippen LogP contribution in [0.2, 0.25) is 0 Å². The van der Waals surface area contributed by atoms with E-state index in [4.69, 9.17) is 0 Å². The number of nitro benzene ring substituents is 1. The summed E-state index contributed by atoms with van der Waals surface area (Å²) >= 11 is 0. The van der Waals surface area contributed by atoms with Crippen molar-refractivity contribution in [1.82, 2.24) is 0 Å². The molecule has 0 aliphatic carbocycles. The summed E-state index contributed by atoms with van der Waals surface area (Å²) in [5.74, 6) is -0.924. The molecular formula is C6H3FLiNO2. The maximum absolute atomic E-state index is 12.3. The van der Waals surface area contributed by atoms with Crippen molar-refractivity contribution in [2.24, 2.45) is 0 Å². The molecule has 5 heteroatoms. The molecule has 0 aliphatic rings. The second-order valence-corrected chi connectivity index (χ2v) is 1.63. The van der Waals surface area contributed by atoms with Gasteiger partial charge in [0.2, 0.25) is 0 Å². The second-order valence-electron chi connectivity index (χ2n) is 1.63. The van der Waals surface area contributed by atoms with Crippen LogP contribution in [0, 0.1) is 22.0 Å². The van der Waals surface area contributed by atoms with Crippen molar-refractivity contribution >= 4 is 5.69 Å². The Morgan fingerprint density at radius 1 is 1.64 bits per heavy atom. The molecule has 52 valence electrons. The quantitative estimate of drug-likeness (QED) is 0.211. The van der Waals surface area contributed by atoms with E-state index in [1.165, 1.54) is 12.1 Å². The largest absolute Gasteiger partial charge is 1.00 e. The van der Waals surface area contributed by atoms with Crippen molar-refractivity contribution < 1.29 is 28.2 Å². The first-order valence-corrected chi connectivity index (χ1v) is 2.52. The SMILES string of the molecule is O=[N+]([O-])c1ccc[c-]c1F.[Li+]. The number of hydrogen-bond acceptors (Lipinski definition) is 2. The fraction of sp³-hybridized carbons (Fsp3) is 0. The van der Waals surface area contributed by atoms with E-state index in [9.17, 15) is 14.5 Å². The summed E-state index contributed by atoms with van der Waals surface area (Å²) in [6.45, 7) is 0. The first kappa shape index (κ1) is 10.1. The molecule has 3 nitrogen and oxygen atoms in total. The number of hydrogen-bond donors (Lipinski definition) is 0. The molecule has 0 atom stereocenters. The van der Waals surface area contributed by atoms with Gasteiger partial charge in [-0.05, 0) is 0 Å². The molecule has 0 N–H and O–H groups in total.